The lowest BCUT2D eigenvalue weighted by Crippen LogP contribution is -2.23. The molecule has 1 aromatic heterocycles. The number of pyridine rings is 1. The average molecular weight is 256 g/mol. The number of likely N-dealkylation sites (N-methyl/N-ethyl adjacent to an activating group) is 1. The Morgan fingerprint density at radius 3 is 2.68 bits per heavy atom. The molecule has 0 aliphatic heterocycles. The number of nitrogens with one attached hydrogen (secondary N) is 1. The van der Waals surface area contributed by atoms with Crippen molar-refractivity contribution >= 4 is 0 Å². The molecular formula is C16H20N2O. The van der Waals surface area contributed by atoms with Crippen molar-refractivity contribution in [2.45, 2.75) is 19.4 Å². The molecule has 1 heterocycles. The highest BCUT2D eigenvalue weighted by Gasteiger charge is 2.15. The SMILES string of the molecule is CCNC(Cc1ccccc1)c1ccncc1OC. The molecule has 0 saturated carbocycles. The van der Waals surface area contributed by atoms with E-state index in [9.17, 15) is 0 Å². The van der Waals surface area contributed by atoms with Crippen molar-refractivity contribution in [3.8, 4) is 5.75 Å². The van der Waals surface area contributed by atoms with Crippen LogP contribution in [-0.2, 0) is 6.42 Å². The fourth-order valence-electron chi connectivity index (χ4n) is 2.24. The fourth-order valence-corrected chi connectivity index (χ4v) is 2.24. The Balaban J connectivity index is 2.24. The van der Waals surface area contributed by atoms with Gasteiger partial charge in [-0.2, -0.15) is 0 Å². The molecule has 2 aromatic rings. The molecule has 0 amide bonds. The summed E-state index contributed by atoms with van der Waals surface area (Å²) in [5.41, 5.74) is 2.47. The summed E-state index contributed by atoms with van der Waals surface area (Å²) in [5.74, 6) is 0.837. The first kappa shape index (κ1) is 13.6. The van der Waals surface area contributed by atoms with E-state index in [1.54, 1.807) is 13.3 Å². The molecule has 3 nitrogen and oxygen atoms in total. The summed E-state index contributed by atoms with van der Waals surface area (Å²) in [7, 11) is 1.69. The highest BCUT2D eigenvalue weighted by Crippen LogP contribution is 2.26. The molecule has 0 spiro atoms. The predicted octanol–water partition coefficient (Wildman–Crippen LogP) is 2.98. The zero-order valence-electron chi connectivity index (χ0n) is 11.5. The maximum absolute atomic E-state index is 5.41. The van der Waals surface area contributed by atoms with Gasteiger partial charge in [0.2, 0.25) is 0 Å². The number of aromatic nitrogens is 1. The third kappa shape index (κ3) is 3.55. The van der Waals surface area contributed by atoms with Crippen LogP contribution in [0.3, 0.4) is 0 Å². The lowest BCUT2D eigenvalue weighted by Gasteiger charge is -2.20. The van der Waals surface area contributed by atoms with E-state index < -0.39 is 0 Å². The van der Waals surface area contributed by atoms with Gasteiger partial charge in [0.25, 0.3) is 0 Å². The molecule has 0 saturated heterocycles. The molecule has 1 atom stereocenters. The first-order valence-corrected chi connectivity index (χ1v) is 6.60. The van der Waals surface area contributed by atoms with Crippen LogP contribution in [-0.4, -0.2) is 18.6 Å². The smallest absolute Gasteiger partial charge is 0.141 e. The van der Waals surface area contributed by atoms with E-state index in [1.807, 2.05) is 18.3 Å². The van der Waals surface area contributed by atoms with Gasteiger partial charge in [-0.3, -0.25) is 4.98 Å². The van der Waals surface area contributed by atoms with Crippen LogP contribution in [0.1, 0.15) is 24.1 Å². The summed E-state index contributed by atoms with van der Waals surface area (Å²) in [6.45, 7) is 3.04. The number of ether oxygens (including phenoxy) is 1. The Morgan fingerprint density at radius 1 is 1.21 bits per heavy atom. The number of hydrogen-bond acceptors (Lipinski definition) is 3. The zero-order chi connectivity index (χ0) is 13.5. The van der Waals surface area contributed by atoms with Crippen molar-refractivity contribution in [2.75, 3.05) is 13.7 Å². The maximum Gasteiger partial charge on any atom is 0.141 e. The molecule has 19 heavy (non-hydrogen) atoms. The largest absolute Gasteiger partial charge is 0.495 e. The molecule has 1 aromatic carbocycles. The zero-order valence-corrected chi connectivity index (χ0v) is 11.5. The van der Waals surface area contributed by atoms with Crippen LogP contribution in [0.2, 0.25) is 0 Å². The van der Waals surface area contributed by atoms with Crippen LogP contribution in [0.15, 0.2) is 48.8 Å². The fraction of sp³-hybridized carbons (Fsp3) is 0.312. The van der Waals surface area contributed by atoms with Gasteiger partial charge >= 0.3 is 0 Å². The van der Waals surface area contributed by atoms with E-state index in [2.05, 4.69) is 41.5 Å². The lowest BCUT2D eigenvalue weighted by molar-refractivity contribution is 0.397. The second-order valence-electron chi connectivity index (χ2n) is 4.42. The van der Waals surface area contributed by atoms with Crippen molar-refractivity contribution in [1.82, 2.24) is 10.3 Å². The minimum Gasteiger partial charge on any atom is -0.495 e. The monoisotopic (exact) mass is 256 g/mol. The van der Waals surface area contributed by atoms with Crippen LogP contribution in [0, 0.1) is 0 Å². The van der Waals surface area contributed by atoms with Gasteiger partial charge in [-0.25, -0.2) is 0 Å². The van der Waals surface area contributed by atoms with Gasteiger partial charge in [0, 0.05) is 17.8 Å². The van der Waals surface area contributed by atoms with Crippen LogP contribution in [0.5, 0.6) is 5.75 Å². The molecule has 0 aliphatic carbocycles. The molecule has 0 radical (unpaired) electrons. The Bertz CT molecular complexity index is 499. The van der Waals surface area contributed by atoms with E-state index in [-0.39, 0.29) is 6.04 Å². The minimum atomic E-state index is 0.241. The van der Waals surface area contributed by atoms with E-state index in [1.165, 1.54) is 5.56 Å². The second kappa shape index (κ2) is 6.90. The summed E-state index contributed by atoms with van der Waals surface area (Å²) in [6, 6.07) is 12.7. The Labute approximate surface area is 114 Å². The normalized spacial score (nSPS) is 12.1. The molecule has 0 bridgehead atoms. The third-order valence-electron chi connectivity index (χ3n) is 3.14. The second-order valence-corrected chi connectivity index (χ2v) is 4.42. The summed E-state index contributed by atoms with van der Waals surface area (Å²) in [4.78, 5) is 4.11. The third-order valence-corrected chi connectivity index (χ3v) is 3.14. The summed E-state index contributed by atoms with van der Waals surface area (Å²) < 4.78 is 5.41. The average Bonchev–Trinajstić information content (AvgIpc) is 2.48. The summed E-state index contributed by atoms with van der Waals surface area (Å²) >= 11 is 0. The van der Waals surface area contributed by atoms with Crippen molar-refractivity contribution in [2.24, 2.45) is 0 Å². The van der Waals surface area contributed by atoms with Crippen molar-refractivity contribution in [3.63, 3.8) is 0 Å². The van der Waals surface area contributed by atoms with Crippen molar-refractivity contribution < 1.29 is 4.74 Å². The molecule has 1 N–H and O–H groups in total. The van der Waals surface area contributed by atoms with E-state index in [0.717, 1.165) is 24.3 Å². The van der Waals surface area contributed by atoms with Crippen LogP contribution >= 0.6 is 0 Å². The molecule has 100 valence electrons. The Morgan fingerprint density at radius 2 is 2.00 bits per heavy atom. The topological polar surface area (TPSA) is 34.2 Å². The van der Waals surface area contributed by atoms with Gasteiger partial charge in [0.1, 0.15) is 5.75 Å². The lowest BCUT2D eigenvalue weighted by atomic mass is 9.99. The van der Waals surface area contributed by atoms with Gasteiger partial charge in [-0.1, -0.05) is 37.3 Å². The van der Waals surface area contributed by atoms with Gasteiger partial charge < -0.3 is 10.1 Å². The Kier molecular flexibility index (Phi) is 4.93. The number of hydrogen-bond donors (Lipinski definition) is 1. The quantitative estimate of drug-likeness (QED) is 0.862. The van der Waals surface area contributed by atoms with Gasteiger partial charge in [0.15, 0.2) is 0 Å². The number of methoxy groups -OCH3 is 1. The highest BCUT2D eigenvalue weighted by molar-refractivity contribution is 5.34. The van der Waals surface area contributed by atoms with Gasteiger partial charge in [-0.05, 0) is 24.6 Å². The highest BCUT2D eigenvalue weighted by atomic mass is 16.5. The van der Waals surface area contributed by atoms with Crippen molar-refractivity contribution in [3.05, 3.63) is 59.9 Å². The van der Waals surface area contributed by atoms with E-state index >= 15 is 0 Å². The van der Waals surface area contributed by atoms with E-state index in [4.69, 9.17) is 4.74 Å². The molecular weight excluding hydrogens is 236 g/mol. The molecule has 2 rings (SSSR count). The van der Waals surface area contributed by atoms with Gasteiger partial charge in [0.05, 0.1) is 13.3 Å². The molecule has 0 aliphatic rings. The standard InChI is InChI=1S/C16H20N2O/c1-3-18-15(11-13-7-5-4-6-8-13)14-9-10-17-12-16(14)19-2/h4-10,12,15,18H,3,11H2,1-2H3. The summed E-state index contributed by atoms with van der Waals surface area (Å²) in [5, 5.41) is 3.51. The summed E-state index contributed by atoms with van der Waals surface area (Å²) in [6.07, 6.45) is 4.52. The van der Waals surface area contributed by atoms with Crippen LogP contribution in [0.25, 0.3) is 0 Å². The minimum absolute atomic E-state index is 0.241. The molecule has 1 unspecified atom stereocenters. The molecule has 3 heteroatoms. The first-order chi connectivity index (χ1) is 9.35. The first-order valence-electron chi connectivity index (χ1n) is 6.60. The Hall–Kier alpha value is -1.87. The molecule has 0 fully saturated rings. The van der Waals surface area contributed by atoms with Crippen LogP contribution < -0.4 is 10.1 Å². The van der Waals surface area contributed by atoms with Gasteiger partial charge in [-0.15, -0.1) is 0 Å². The number of rotatable bonds is 6. The predicted molar refractivity (Wildman–Crippen MR) is 77.4 cm³/mol. The van der Waals surface area contributed by atoms with E-state index in [0.29, 0.717) is 0 Å². The number of nitrogens with zero attached hydrogens (tertiary/aromatic N) is 1. The number of benzene rings is 1. The van der Waals surface area contributed by atoms with Crippen molar-refractivity contribution in [1.29, 1.82) is 0 Å². The maximum atomic E-state index is 5.41. The van der Waals surface area contributed by atoms with Crippen LogP contribution in [0.4, 0.5) is 0 Å².